The van der Waals surface area contributed by atoms with Crippen molar-refractivity contribution in [3.05, 3.63) is 28.2 Å². The van der Waals surface area contributed by atoms with E-state index in [0.717, 1.165) is 12.8 Å². The Kier molecular flexibility index (Phi) is 6.06. The van der Waals surface area contributed by atoms with E-state index in [1.807, 2.05) is 20.8 Å². The highest BCUT2D eigenvalue weighted by atomic mass is 79.9. The number of nitrogens with zero attached hydrogens (tertiary/aromatic N) is 1. The summed E-state index contributed by atoms with van der Waals surface area (Å²) in [5.41, 5.74) is -0.731. The molecule has 24 heavy (non-hydrogen) atoms. The Morgan fingerprint density at radius 2 is 2.12 bits per heavy atom. The summed E-state index contributed by atoms with van der Waals surface area (Å²) in [6.07, 6.45) is -1.41. The van der Waals surface area contributed by atoms with Gasteiger partial charge in [-0.05, 0) is 51.8 Å². The Bertz CT molecular complexity index is 590. The van der Waals surface area contributed by atoms with Crippen molar-refractivity contribution in [2.45, 2.75) is 51.7 Å². The number of amides is 1. The summed E-state index contributed by atoms with van der Waals surface area (Å²) in [5, 5.41) is 0. The van der Waals surface area contributed by atoms with Crippen molar-refractivity contribution in [3.8, 4) is 5.75 Å². The zero-order valence-corrected chi connectivity index (χ0v) is 15.6. The lowest BCUT2D eigenvalue weighted by Crippen LogP contribution is -2.42. The van der Waals surface area contributed by atoms with E-state index >= 15 is 0 Å². The van der Waals surface area contributed by atoms with Gasteiger partial charge in [0.2, 0.25) is 0 Å². The molecule has 1 atom stereocenters. The Labute approximate surface area is 149 Å². The number of hydrogen-bond donors (Lipinski definition) is 0. The number of carbonyl (C=O) groups excluding carboxylic acids is 1. The van der Waals surface area contributed by atoms with Crippen LogP contribution < -0.4 is 4.74 Å². The molecule has 4 nitrogen and oxygen atoms in total. The molecule has 1 aromatic rings. The Morgan fingerprint density at radius 1 is 1.42 bits per heavy atom. The number of likely N-dealkylation sites (tertiary alicyclic amines) is 1. The number of halogens is 3. The molecule has 1 unspecified atom stereocenters. The van der Waals surface area contributed by atoms with Crippen LogP contribution in [0.5, 0.6) is 5.75 Å². The molecule has 0 bridgehead atoms. The first-order valence-electron chi connectivity index (χ1n) is 7.87. The fourth-order valence-electron chi connectivity index (χ4n) is 2.58. The van der Waals surface area contributed by atoms with E-state index < -0.39 is 18.1 Å². The number of carbonyl (C=O) groups is 1. The lowest BCUT2D eigenvalue weighted by atomic mass is 10.2. The van der Waals surface area contributed by atoms with Gasteiger partial charge in [0.1, 0.15) is 18.0 Å². The summed E-state index contributed by atoms with van der Waals surface area (Å²) >= 11 is 3.18. The highest BCUT2D eigenvalue weighted by Crippen LogP contribution is 2.32. The van der Waals surface area contributed by atoms with Crippen molar-refractivity contribution < 1.29 is 23.0 Å². The van der Waals surface area contributed by atoms with Gasteiger partial charge in [-0.25, -0.2) is 13.6 Å². The van der Waals surface area contributed by atoms with Gasteiger partial charge in [0.05, 0.1) is 11.6 Å². The van der Waals surface area contributed by atoms with Crippen molar-refractivity contribution in [1.29, 1.82) is 0 Å². The van der Waals surface area contributed by atoms with Crippen LogP contribution in [0.4, 0.5) is 13.6 Å². The second-order valence-electron chi connectivity index (χ2n) is 6.76. The van der Waals surface area contributed by atoms with Crippen LogP contribution in [0, 0.1) is 0 Å². The molecule has 1 heterocycles. The SMILES string of the molecule is CC(C)(C)OC(=O)N1CCCC1COc1ccc(Br)cc1C(F)F. The van der Waals surface area contributed by atoms with Crippen LogP contribution in [0.15, 0.2) is 22.7 Å². The zero-order valence-electron chi connectivity index (χ0n) is 14.0. The molecule has 0 aromatic heterocycles. The van der Waals surface area contributed by atoms with Crippen LogP contribution >= 0.6 is 15.9 Å². The average Bonchev–Trinajstić information content (AvgIpc) is 2.92. The second-order valence-corrected chi connectivity index (χ2v) is 7.68. The van der Waals surface area contributed by atoms with Crippen LogP contribution in [-0.4, -0.2) is 35.8 Å². The van der Waals surface area contributed by atoms with Gasteiger partial charge in [-0.3, -0.25) is 0 Å². The van der Waals surface area contributed by atoms with E-state index in [0.29, 0.717) is 11.0 Å². The standard InChI is InChI=1S/C17H22BrF2NO3/c1-17(2,3)24-16(22)21-8-4-5-12(21)10-23-14-7-6-11(18)9-13(14)15(19)20/h6-7,9,12,15H,4-5,8,10H2,1-3H3. The largest absolute Gasteiger partial charge is 0.491 e. The third kappa shape index (κ3) is 5.06. The van der Waals surface area contributed by atoms with Crippen molar-refractivity contribution in [1.82, 2.24) is 4.90 Å². The third-order valence-corrected chi connectivity index (χ3v) is 4.14. The molecule has 1 aromatic carbocycles. The zero-order chi connectivity index (χ0) is 17.9. The number of hydrogen-bond acceptors (Lipinski definition) is 3. The predicted octanol–water partition coefficient (Wildman–Crippen LogP) is 5.17. The molecule has 1 saturated heterocycles. The van der Waals surface area contributed by atoms with Crippen molar-refractivity contribution in [2.24, 2.45) is 0 Å². The first-order valence-corrected chi connectivity index (χ1v) is 8.66. The van der Waals surface area contributed by atoms with Gasteiger partial charge >= 0.3 is 6.09 Å². The Balaban J connectivity index is 2.02. The summed E-state index contributed by atoms with van der Waals surface area (Å²) in [6.45, 7) is 6.18. The number of alkyl halides is 2. The molecule has 0 N–H and O–H groups in total. The molecule has 0 spiro atoms. The minimum absolute atomic E-state index is 0.143. The smallest absolute Gasteiger partial charge is 0.410 e. The van der Waals surface area contributed by atoms with Gasteiger partial charge in [0.25, 0.3) is 6.43 Å². The maximum Gasteiger partial charge on any atom is 0.410 e. The molecule has 1 aliphatic rings. The molecule has 1 amide bonds. The molecule has 0 aliphatic carbocycles. The average molecular weight is 406 g/mol. The summed E-state index contributed by atoms with van der Waals surface area (Å²) in [7, 11) is 0. The van der Waals surface area contributed by atoms with Crippen LogP contribution in [0.1, 0.15) is 45.6 Å². The van der Waals surface area contributed by atoms with Crippen LogP contribution in [0.25, 0.3) is 0 Å². The van der Waals surface area contributed by atoms with Gasteiger partial charge in [-0.2, -0.15) is 0 Å². The van der Waals surface area contributed by atoms with Gasteiger partial charge in [-0.15, -0.1) is 0 Å². The maximum atomic E-state index is 13.1. The summed E-state index contributed by atoms with van der Waals surface area (Å²) in [6, 6.07) is 4.34. The molecule has 134 valence electrons. The predicted molar refractivity (Wildman–Crippen MR) is 90.6 cm³/mol. The second kappa shape index (κ2) is 7.68. The van der Waals surface area contributed by atoms with Gasteiger partial charge in [0.15, 0.2) is 0 Å². The van der Waals surface area contributed by atoms with Crippen molar-refractivity contribution in [3.63, 3.8) is 0 Å². The van der Waals surface area contributed by atoms with Gasteiger partial charge in [-0.1, -0.05) is 15.9 Å². The first kappa shape index (κ1) is 19.0. The molecule has 0 radical (unpaired) electrons. The maximum absolute atomic E-state index is 13.1. The van der Waals surface area contributed by atoms with Crippen LogP contribution in [0.3, 0.4) is 0 Å². The van der Waals surface area contributed by atoms with E-state index in [9.17, 15) is 13.6 Å². The van der Waals surface area contributed by atoms with Gasteiger partial charge in [0, 0.05) is 11.0 Å². The molecule has 1 aliphatic heterocycles. The van der Waals surface area contributed by atoms with E-state index in [4.69, 9.17) is 9.47 Å². The van der Waals surface area contributed by atoms with Crippen LogP contribution in [-0.2, 0) is 4.74 Å². The Morgan fingerprint density at radius 3 is 2.75 bits per heavy atom. The fraction of sp³-hybridized carbons (Fsp3) is 0.588. The highest BCUT2D eigenvalue weighted by Gasteiger charge is 2.32. The quantitative estimate of drug-likeness (QED) is 0.693. The molecular weight excluding hydrogens is 384 g/mol. The van der Waals surface area contributed by atoms with Crippen molar-refractivity contribution >= 4 is 22.0 Å². The Hall–Kier alpha value is -1.37. The highest BCUT2D eigenvalue weighted by molar-refractivity contribution is 9.10. The lowest BCUT2D eigenvalue weighted by Gasteiger charge is -2.28. The lowest BCUT2D eigenvalue weighted by molar-refractivity contribution is 0.0185. The molecule has 0 saturated carbocycles. The van der Waals surface area contributed by atoms with E-state index in [1.165, 1.54) is 12.1 Å². The number of benzene rings is 1. The monoisotopic (exact) mass is 405 g/mol. The molecule has 7 heteroatoms. The molecule has 2 rings (SSSR count). The van der Waals surface area contributed by atoms with E-state index in [2.05, 4.69) is 15.9 Å². The summed E-state index contributed by atoms with van der Waals surface area (Å²) in [4.78, 5) is 13.8. The summed E-state index contributed by atoms with van der Waals surface area (Å²) < 4.78 is 37.8. The van der Waals surface area contributed by atoms with Crippen LogP contribution in [0.2, 0.25) is 0 Å². The minimum atomic E-state index is -2.62. The van der Waals surface area contributed by atoms with E-state index in [1.54, 1.807) is 11.0 Å². The molecular formula is C17H22BrF2NO3. The minimum Gasteiger partial charge on any atom is -0.491 e. The third-order valence-electron chi connectivity index (χ3n) is 3.64. The topological polar surface area (TPSA) is 38.8 Å². The summed E-state index contributed by atoms with van der Waals surface area (Å²) in [5.74, 6) is 0.143. The normalized spacial score (nSPS) is 18.1. The molecule has 1 fully saturated rings. The van der Waals surface area contributed by atoms with Gasteiger partial charge < -0.3 is 14.4 Å². The number of rotatable bonds is 4. The van der Waals surface area contributed by atoms with Crippen molar-refractivity contribution in [2.75, 3.05) is 13.2 Å². The number of ether oxygens (including phenoxy) is 2. The van der Waals surface area contributed by atoms with E-state index in [-0.39, 0.29) is 24.0 Å². The first-order chi connectivity index (χ1) is 11.2. The fourth-order valence-corrected chi connectivity index (χ4v) is 2.96.